The Morgan fingerprint density at radius 2 is 2.27 bits per heavy atom. The minimum Gasteiger partial charge on any atom is -0.454 e. The van der Waals surface area contributed by atoms with Gasteiger partial charge in [-0.1, -0.05) is 6.07 Å². The van der Waals surface area contributed by atoms with Crippen molar-refractivity contribution in [3.8, 4) is 11.5 Å². The molecular formula is C10H11NO4. The number of carbonyl (C=O) groups excluding carboxylic acids is 1. The number of benzene rings is 1. The zero-order valence-corrected chi connectivity index (χ0v) is 8.28. The van der Waals surface area contributed by atoms with Crippen LogP contribution in [0.1, 0.15) is 5.56 Å². The quantitative estimate of drug-likeness (QED) is 0.796. The average Bonchev–Trinajstić information content (AvgIpc) is 2.72. The molecule has 0 spiro atoms. The van der Waals surface area contributed by atoms with Crippen LogP contribution in [0.4, 0.5) is 4.79 Å². The lowest BCUT2D eigenvalue weighted by molar-refractivity contribution is 0.141. The van der Waals surface area contributed by atoms with Gasteiger partial charge in [0.2, 0.25) is 6.79 Å². The van der Waals surface area contributed by atoms with Crippen molar-refractivity contribution in [1.29, 1.82) is 0 Å². The summed E-state index contributed by atoms with van der Waals surface area (Å²) in [6, 6.07) is 5.42. The van der Waals surface area contributed by atoms with Gasteiger partial charge in [-0.25, -0.2) is 4.79 Å². The second-order valence-electron chi connectivity index (χ2n) is 3.01. The Labute approximate surface area is 86.9 Å². The summed E-state index contributed by atoms with van der Waals surface area (Å²) in [6.07, 6.45) is -0.451. The zero-order valence-electron chi connectivity index (χ0n) is 8.28. The molecule has 0 fully saturated rings. The van der Waals surface area contributed by atoms with Crippen molar-refractivity contribution in [2.45, 2.75) is 6.61 Å². The van der Waals surface area contributed by atoms with Gasteiger partial charge in [0.25, 0.3) is 0 Å². The van der Waals surface area contributed by atoms with E-state index in [0.29, 0.717) is 5.75 Å². The lowest BCUT2D eigenvalue weighted by atomic mass is 10.2. The van der Waals surface area contributed by atoms with Gasteiger partial charge in [0, 0.05) is 7.05 Å². The SMILES string of the molecule is CNC(=O)OCc1ccc2c(c1)OCO2. The molecule has 1 aliphatic rings. The molecule has 0 unspecified atom stereocenters. The van der Waals surface area contributed by atoms with Gasteiger partial charge in [-0.2, -0.15) is 0 Å². The monoisotopic (exact) mass is 209 g/mol. The highest BCUT2D eigenvalue weighted by molar-refractivity contribution is 5.66. The second kappa shape index (κ2) is 4.08. The molecule has 1 aliphatic heterocycles. The molecule has 15 heavy (non-hydrogen) atoms. The van der Waals surface area contributed by atoms with Gasteiger partial charge in [-0.15, -0.1) is 0 Å². The molecule has 1 amide bonds. The van der Waals surface area contributed by atoms with Crippen LogP contribution in [-0.2, 0) is 11.3 Å². The highest BCUT2D eigenvalue weighted by Crippen LogP contribution is 2.32. The molecule has 0 bridgehead atoms. The van der Waals surface area contributed by atoms with E-state index in [4.69, 9.17) is 14.2 Å². The number of hydrogen-bond donors (Lipinski definition) is 1. The molecular weight excluding hydrogens is 198 g/mol. The Bertz CT molecular complexity index is 378. The zero-order chi connectivity index (χ0) is 10.7. The second-order valence-corrected chi connectivity index (χ2v) is 3.01. The number of alkyl carbamates (subject to hydrolysis) is 1. The van der Waals surface area contributed by atoms with Crippen LogP contribution in [0.25, 0.3) is 0 Å². The molecule has 1 aromatic rings. The molecule has 1 heterocycles. The first kappa shape index (κ1) is 9.64. The predicted molar refractivity (Wildman–Crippen MR) is 51.8 cm³/mol. The molecule has 0 saturated heterocycles. The molecule has 1 N–H and O–H groups in total. The molecule has 80 valence electrons. The number of fused-ring (bicyclic) bond motifs is 1. The molecule has 5 nitrogen and oxygen atoms in total. The number of amides is 1. The third-order valence-corrected chi connectivity index (χ3v) is 2.01. The summed E-state index contributed by atoms with van der Waals surface area (Å²) in [5, 5.41) is 2.37. The fourth-order valence-electron chi connectivity index (χ4n) is 1.25. The molecule has 0 saturated carbocycles. The Balaban J connectivity index is 2.01. The number of nitrogens with one attached hydrogen (secondary N) is 1. The average molecular weight is 209 g/mol. The summed E-state index contributed by atoms with van der Waals surface area (Å²) in [7, 11) is 1.52. The Morgan fingerprint density at radius 1 is 1.47 bits per heavy atom. The van der Waals surface area contributed by atoms with E-state index < -0.39 is 6.09 Å². The van der Waals surface area contributed by atoms with Crippen molar-refractivity contribution in [2.24, 2.45) is 0 Å². The molecule has 0 atom stereocenters. The van der Waals surface area contributed by atoms with E-state index in [-0.39, 0.29) is 13.4 Å². The van der Waals surface area contributed by atoms with Crippen molar-refractivity contribution in [3.05, 3.63) is 23.8 Å². The van der Waals surface area contributed by atoms with E-state index in [1.54, 1.807) is 12.1 Å². The number of hydrogen-bond acceptors (Lipinski definition) is 4. The standard InChI is InChI=1S/C10H11NO4/c1-11-10(12)13-5-7-2-3-8-9(4-7)15-6-14-8/h2-4H,5-6H2,1H3,(H,11,12). The third kappa shape index (κ3) is 2.12. The lowest BCUT2D eigenvalue weighted by Gasteiger charge is -2.04. The highest BCUT2D eigenvalue weighted by Gasteiger charge is 2.13. The van der Waals surface area contributed by atoms with Crippen molar-refractivity contribution in [1.82, 2.24) is 5.32 Å². The lowest BCUT2D eigenvalue weighted by Crippen LogP contribution is -2.18. The number of rotatable bonds is 2. The first-order valence-corrected chi connectivity index (χ1v) is 4.52. The van der Waals surface area contributed by atoms with E-state index in [0.717, 1.165) is 11.3 Å². The van der Waals surface area contributed by atoms with Gasteiger partial charge in [0.15, 0.2) is 11.5 Å². The fourth-order valence-corrected chi connectivity index (χ4v) is 1.25. The van der Waals surface area contributed by atoms with Gasteiger partial charge in [0.05, 0.1) is 0 Å². The largest absolute Gasteiger partial charge is 0.454 e. The van der Waals surface area contributed by atoms with E-state index in [1.165, 1.54) is 7.05 Å². The van der Waals surface area contributed by atoms with E-state index in [1.807, 2.05) is 6.07 Å². The molecule has 1 aromatic carbocycles. The van der Waals surface area contributed by atoms with Crippen molar-refractivity contribution in [3.63, 3.8) is 0 Å². The van der Waals surface area contributed by atoms with Crippen molar-refractivity contribution >= 4 is 6.09 Å². The number of ether oxygens (including phenoxy) is 3. The van der Waals surface area contributed by atoms with Gasteiger partial charge in [-0.3, -0.25) is 0 Å². The minimum atomic E-state index is -0.451. The summed E-state index contributed by atoms with van der Waals surface area (Å²) < 4.78 is 15.2. The maximum absolute atomic E-state index is 10.8. The van der Waals surface area contributed by atoms with Crippen LogP contribution in [0, 0.1) is 0 Å². The summed E-state index contributed by atoms with van der Waals surface area (Å²) in [5.74, 6) is 1.41. The van der Waals surface area contributed by atoms with Crippen LogP contribution in [-0.4, -0.2) is 19.9 Å². The summed E-state index contributed by atoms with van der Waals surface area (Å²) >= 11 is 0. The summed E-state index contributed by atoms with van der Waals surface area (Å²) in [4.78, 5) is 10.8. The smallest absolute Gasteiger partial charge is 0.407 e. The number of carbonyl (C=O) groups is 1. The maximum Gasteiger partial charge on any atom is 0.407 e. The van der Waals surface area contributed by atoms with Crippen LogP contribution in [0.15, 0.2) is 18.2 Å². The van der Waals surface area contributed by atoms with E-state index >= 15 is 0 Å². The normalized spacial score (nSPS) is 12.3. The van der Waals surface area contributed by atoms with Crippen molar-refractivity contribution in [2.75, 3.05) is 13.8 Å². The van der Waals surface area contributed by atoms with Crippen LogP contribution in [0.3, 0.4) is 0 Å². The molecule has 2 rings (SSSR count). The molecule has 5 heteroatoms. The van der Waals surface area contributed by atoms with Crippen LogP contribution in [0.2, 0.25) is 0 Å². The third-order valence-electron chi connectivity index (χ3n) is 2.01. The Hall–Kier alpha value is -1.91. The minimum absolute atomic E-state index is 0.219. The van der Waals surface area contributed by atoms with Crippen LogP contribution >= 0.6 is 0 Å². The fraction of sp³-hybridized carbons (Fsp3) is 0.300. The maximum atomic E-state index is 10.8. The first-order valence-electron chi connectivity index (χ1n) is 4.52. The van der Waals surface area contributed by atoms with E-state index in [9.17, 15) is 4.79 Å². The van der Waals surface area contributed by atoms with Gasteiger partial charge >= 0.3 is 6.09 Å². The first-order chi connectivity index (χ1) is 7.29. The predicted octanol–water partition coefficient (Wildman–Crippen LogP) is 1.27. The topological polar surface area (TPSA) is 56.8 Å². The highest BCUT2D eigenvalue weighted by atomic mass is 16.7. The molecule has 0 radical (unpaired) electrons. The molecule has 0 aromatic heterocycles. The van der Waals surface area contributed by atoms with Gasteiger partial charge in [0.1, 0.15) is 6.61 Å². The Kier molecular flexibility index (Phi) is 2.62. The summed E-state index contributed by atoms with van der Waals surface area (Å²) in [5.41, 5.74) is 0.864. The summed E-state index contributed by atoms with van der Waals surface area (Å²) in [6.45, 7) is 0.464. The van der Waals surface area contributed by atoms with Crippen LogP contribution in [0.5, 0.6) is 11.5 Å². The van der Waals surface area contributed by atoms with Crippen molar-refractivity contribution < 1.29 is 19.0 Å². The van der Waals surface area contributed by atoms with Crippen LogP contribution < -0.4 is 14.8 Å². The van der Waals surface area contributed by atoms with Gasteiger partial charge in [-0.05, 0) is 17.7 Å². The Morgan fingerprint density at radius 3 is 3.07 bits per heavy atom. The van der Waals surface area contributed by atoms with Gasteiger partial charge < -0.3 is 19.5 Å². The van der Waals surface area contributed by atoms with E-state index in [2.05, 4.69) is 5.32 Å². The molecule has 0 aliphatic carbocycles.